The van der Waals surface area contributed by atoms with E-state index in [1.807, 2.05) is 23.6 Å². The van der Waals surface area contributed by atoms with Crippen molar-refractivity contribution < 1.29 is 9.53 Å². The van der Waals surface area contributed by atoms with Gasteiger partial charge in [-0.05, 0) is 35.6 Å². The van der Waals surface area contributed by atoms with Gasteiger partial charge in [-0.25, -0.2) is 9.78 Å². The van der Waals surface area contributed by atoms with Crippen LogP contribution >= 0.6 is 11.3 Å². The molecule has 2 aromatic heterocycles. The van der Waals surface area contributed by atoms with Crippen molar-refractivity contribution in [1.29, 1.82) is 0 Å². The van der Waals surface area contributed by atoms with Crippen molar-refractivity contribution in [3.05, 3.63) is 46.3 Å². The van der Waals surface area contributed by atoms with Crippen molar-refractivity contribution in [3.8, 4) is 0 Å². The molecule has 7 heteroatoms. The molecule has 0 atom stereocenters. The van der Waals surface area contributed by atoms with Gasteiger partial charge in [-0.3, -0.25) is 0 Å². The molecule has 1 aliphatic rings. The standard InChI is InChI=1S/C17H22N4O2S/c22-17(19-6-4-15-2-1-11-24-15)20-13-14-3-5-18-16(12-14)21-7-9-23-10-8-21/h1-3,5,11-12H,4,6-10,13H2,(H2,19,20,22). The van der Waals surface area contributed by atoms with E-state index >= 15 is 0 Å². The fraction of sp³-hybridized carbons (Fsp3) is 0.412. The van der Waals surface area contributed by atoms with Crippen LogP contribution in [0.4, 0.5) is 10.6 Å². The van der Waals surface area contributed by atoms with E-state index in [0.717, 1.165) is 44.1 Å². The van der Waals surface area contributed by atoms with Gasteiger partial charge in [0.2, 0.25) is 0 Å². The molecule has 24 heavy (non-hydrogen) atoms. The number of amides is 2. The van der Waals surface area contributed by atoms with Crippen LogP contribution in [0.3, 0.4) is 0 Å². The fourth-order valence-electron chi connectivity index (χ4n) is 2.53. The first-order valence-corrected chi connectivity index (χ1v) is 9.01. The van der Waals surface area contributed by atoms with E-state index < -0.39 is 0 Å². The van der Waals surface area contributed by atoms with E-state index in [0.29, 0.717) is 13.1 Å². The number of nitrogens with one attached hydrogen (secondary N) is 2. The minimum atomic E-state index is -0.142. The normalized spacial score (nSPS) is 14.4. The Morgan fingerprint density at radius 3 is 2.96 bits per heavy atom. The number of pyridine rings is 1. The molecular formula is C17H22N4O2S. The molecule has 0 unspecified atom stereocenters. The lowest BCUT2D eigenvalue weighted by Crippen LogP contribution is -2.37. The number of carbonyl (C=O) groups is 1. The third-order valence-corrected chi connectivity index (χ3v) is 4.77. The summed E-state index contributed by atoms with van der Waals surface area (Å²) in [6, 6.07) is 7.91. The van der Waals surface area contributed by atoms with E-state index in [9.17, 15) is 4.79 Å². The number of nitrogens with zero attached hydrogens (tertiary/aromatic N) is 2. The van der Waals surface area contributed by atoms with Crippen LogP contribution in [-0.4, -0.2) is 43.9 Å². The summed E-state index contributed by atoms with van der Waals surface area (Å²) in [6.07, 6.45) is 2.65. The second-order valence-corrected chi connectivity index (χ2v) is 6.59. The molecule has 0 aliphatic carbocycles. The number of carbonyl (C=O) groups excluding carboxylic acids is 1. The Balaban J connectivity index is 1.43. The maximum absolute atomic E-state index is 11.9. The summed E-state index contributed by atoms with van der Waals surface area (Å²) in [6.45, 7) is 4.31. The Bertz CT molecular complexity index is 642. The van der Waals surface area contributed by atoms with Gasteiger partial charge in [0.05, 0.1) is 13.2 Å². The second kappa shape index (κ2) is 8.65. The van der Waals surface area contributed by atoms with Crippen LogP contribution in [-0.2, 0) is 17.7 Å². The van der Waals surface area contributed by atoms with E-state index in [-0.39, 0.29) is 6.03 Å². The van der Waals surface area contributed by atoms with Gasteiger partial charge in [-0.1, -0.05) is 6.07 Å². The van der Waals surface area contributed by atoms with Gasteiger partial charge in [0.25, 0.3) is 0 Å². The van der Waals surface area contributed by atoms with Gasteiger partial charge in [-0.15, -0.1) is 11.3 Å². The van der Waals surface area contributed by atoms with Crippen LogP contribution in [0.2, 0.25) is 0 Å². The minimum Gasteiger partial charge on any atom is -0.378 e. The molecule has 6 nitrogen and oxygen atoms in total. The zero-order chi connectivity index (χ0) is 16.6. The number of hydrogen-bond acceptors (Lipinski definition) is 5. The van der Waals surface area contributed by atoms with Gasteiger partial charge in [0.1, 0.15) is 5.82 Å². The molecule has 2 N–H and O–H groups in total. The Morgan fingerprint density at radius 2 is 2.17 bits per heavy atom. The highest BCUT2D eigenvalue weighted by atomic mass is 32.1. The number of aromatic nitrogens is 1. The summed E-state index contributed by atoms with van der Waals surface area (Å²) in [7, 11) is 0. The Hall–Kier alpha value is -2.12. The maximum Gasteiger partial charge on any atom is 0.315 e. The molecule has 2 aromatic rings. The average molecular weight is 346 g/mol. The van der Waals surface area contributed by atoms with E-state index in [1.54, 1.807) is 17.5 Å². The summed E-state index contributed by atoms with van der Waals surface area (Å²) >= 11 is 1.71. The number of urea groups is 1. The van der Waals surface area contributed by atoms with Crippen molar-refractivity contribution in [3.63, 3.8) is 0 Å². The summed E-state index contributed by atoms with van der Waals surface area (Å²) in [5.74, 6) is 0.940. The lowest BCUT2D eigenvalue weighted by atomic mass is 10.2. The van der Waals surface area contributed by atoms with Crippen molar-refractivity contribution >= 4 is 23.2 Å². The average Bonchev–Trinajstić information content (AvgIpc) is 3.14. The molecule has 3 rings (SSSR count). The lowest BCUT2D eigenvalue weighted by Gasteiger charge is -2.28. The number of morpholine rings is 1. The third kappa shape index (κ3) is 4.94. The largest absolute Gasteiger partial charge is 0.378 e. The Kier molecular flexibility index (Phi) is 6.03. The predicted octanol–water partition coefficient (Wildman–Crippen LogP) is 2.02. The number of thiophene rings is 1. The predicted molar refractivity (Wildman–Crippen MR) is 95.5 cm³/mol. The molecular weight excluding hydrogens is 324 g/mol. The molecule has 1 aliphatic heterocycles. The zero-order valence-electron chi connectivity index (χ0n) is 13.5. The summed E-state index contributed by atoms with van der Waals surface area (Å²) in [5.41, 5.74) is 1.04. The summed E-state index contributed by atoms with van der Waals surface area (Å²) in [4.78, 5) is 19.8. The number of anilines is 1. The maximum atomic E-state index is 11.9. The first-order valence-electron chi connectivity index (χ1n) is 8.13. The molecule has 0 bridgehead atoms. The van der Waals surface area contributed by atoms with Crippen molar-refractivity contribution in [1.82, 2.24) is 15.6 Å². The van der Waals surface area contributed by atoms with E-state index in [2.05, 4.69) is 26.6 Å². The number of hydrogen-bond donors (Lipinski definition) is 2. The van der Waals surface area contributed by atoms with E-state index in [4.69, 9.17) is 4.74 Å². The highest BCUT2D eigenvalue weighted by Crippen LogP contribution is 2.14. The van der Waals surface area contributed by atoms with Crippen LogP contribution in [0.15, 0.2) is 35.8 Å². The highest BCUT2D eigenvalue weighted by Gasteiger charge is 2.12. The smallest absolute Gasteiger partial charge is 0.315 e. The molecule has 0 radical (unpaired) electrons. The zero-order valence-corrected chi connectivity index (χ0v) is 14.3. The summed E-state index contributed by atoms with van der Waals surface area (Å²) in [5, 5.41) is 7.82. The molecule has 1 fully saturated rings. The van der Waals surface area contributed by atoms with Crippen LogP contribution in [0.5, 0.6) is 0 Å². The molecule has 3 heterocycles. The molecule has 128 valence electrons. The second-order valence-electron chi connectivity index (χ2n) is 5.56. The van der Waals surface area contributed by atoms with Crippen LogP contribution in [0, 0.1) is 0 Å². The highest BCUT2D eigenvalue weighted by molar-refractivity contribution is 7.09. The minimum absolute atomic E-state index is 0.142. The number of ether oxygens (including phenoxy) is 1. The van der Waals surface area contributed by atoms with Gasteiger partial charge in [0, 0.05) is 37.3 Å². The van der Waals surface area contributed by atoms with Gasteiger partial charge in [0.15, 0.2) is 0 Å². The molecule has 0 aromatic carbocycles. The number of rotatable bonds is 6. The Labute approximate surface area is 145 Å². The van der Waals surface area contributed by atoms with Gasteiger partial charge >= 0.3 is 6.03 Å². The van der Waals surface area contributed by atoms with Crippen molar-refractivity contribution in [2.45, 2.75) is 13.0 Å². The quantitative estimate of drug-likeness (QED) is 0.840. The third-order valence-electron chi connectivity index (χ3n) is 3.84. The lowest BCUT2D eigenvalue weighted by molar-refractivity contribution is 0.122. The van der Waals surface area contributed by atoms with E-state index in [1.165, 1.54) is 4.88 Å². The Morgan fingerprint density at radius 1 is 1.29 bits per heavy atom. The van der Waals surface area contributed by atoms with Gasteiger partial charge < -0.3 is 20.3 Å². The molecule has 2 amide bonds. The van der Waals surface area contributed by atoms with Crippen LogP contribution in [0.1, 0.15) is 10.4 Å². The first-order chi connectivity index (χ1) is 11.8. The molecule has 0 spiro atoms. The van der Waals surface area contributed by atoms with Crippen LogP contribution < -0.4 is 15.5 Å². The SMILES string of the molecule is O=C(NCCc1cccs1)NCc1ccnc(N2CCOCC2)c1. The monoisotopic (exact) mass is 346 g/mol. The fourth-order valence-corrected chi connectivity index (χ4v) is 3.24. The topological polar surface area (TPSA) is 66.5 Å². The molecule has 0 saturated carbocycles. The van der Waals surface area contributed by atoms with Crippen molar-refractivity contribution in [2.75, 3.05) is 37.7 Å². The van der Waals surface area contributed by atoms with Gasteiger partial charge in [-0.2, -0.15) is 0 Å². The summed E-state index contributed by atoms with van der Waals surface area (Å²) < 4.78 is 5.36. The first kappa shape index (κ1) is 16.7. The molecule has 1 saturated heterocycles. The van der Waals surface area contributed by atoms with Crippen molar-refractivity contribution in [2.24, 2.45) is 0 Å². The van der Waals surface area contributed by atoms with Crippen LogP contribution in [0.25, 0.3) is 0 Å².